The van der Waals surface area contributed by atoms with E-state index < -0.39 is 11.7 Å². The zero-order chi connectivity index (χ0) is 19.0. The van der Waals surface area contributed by atoms with E-state index in [1.54, 1.807) is 0 Å². The Kier molecular flexibility index (Phi) is 3.21. The molecule has 4 unspecified atom stereocenters. The molecular formula is C22H35NO4. The fourth-order valence-corrected chi connectivity index (χ4v) is 10.4. The maximum atomic E-state index is 11.5. The summed E-state index contributed by atoms with van der Waals surface area (Å²) in [7, 11) is 0. The Labute approximate surface area is 161 Å². The third-order valence-electron chi connectivity index (χ3n) is 11.2. The van der Waals surface area contributed by atoms with Crippen molar-refractivity contribution in [3.05, 3.63) is 0 Å². The lowest BCUT2D eigenvalue weighted by Crippen LogP contribution is -2.73. The number of fused-ring (bicyclic) bond motifs is 2. The van der Waals surface area contributed by atoms with Crippen LogP contribution in [0.2, 0.25) is 0 Å². The van der Waals surface area contributed by atoms with Gasteiger partial charge in [0.25, 0.3) is 0 Å². The SMILES string of the molecule is CCN1C[C@@]2(C)C3CC4[C@@H]1C3(CC[C@H]2O)C1C[C@@H]2CC[C@]41[C@H](O)[C@]2(O)CO. The maximum absolute atomic E-state index is 11.5. The van der Waals surface area contributed by atoms with Gasteiger partial charge in [-0.2, -0.15) is 0 Å². The lowest BCUT2D eigenvalue weighted by Gasteiger charge is -2.69. The first-order valence-corrected chi connectivity index (χ1v) is 11.2. The lowest BCUT2D eigenvalue weighted by molar-refractivity contribution is -0.292. The van der Waals surface area contributed by atoms with Crippen LogP contribution in [0.15, 0.2) is 0 Å². The highest BCUT2D eigenvalue weighted by Crippen LogP contribution is 2.83. The monoisotopic (exact) mass is 377 g/mol. The molecule has 152 valence electrons. The van der Waals surface area contributed by atoms with Crippen LogP contribution in [0, 0.1) is 39.9 Å². The Hall–Kier alpha value is -0.200. The maximum Gasteiger partial charge on any atom is 0.117 e. The topological polar surface area (TPSA) is 84.2 Å². The fourth-order valence-electron chi connectivity index (χ4n) is 10.4. The summed E-state index contributed by atoms with van der Waals surface area (Å²) in [5.74, 6) is 1.36. The van der Waals surface area contributed by atoms with Crippen molar-refractivity contribution in [3.8, 4) is 0 Å². The van der Waals surface area contributed by atoms with Crippen LogP contribution in [0.5, 0.6) is 0 Å². The van der Waals surface area contributed by atoms with Gasteiger partial charge in [-0.3, -0.25) is 4.90 Å². The molecule has 5 heteroatoms. The number of aliphatic hydroxyl groups excluding tert-OH is 3. The molecule has 7 rings (SSSR count). The van der Waals surface area contributed by atoms with Gasteiger partial charge in [-0.05, 0) is 74.2 Å². The Morgan fingerprint density at radius 2 is 1.78 bits per heavy atom. The molecule has 1 heterocycles. The number of piperidine rings is 1. The standard InChI is InChI=1S/C22H35NO4/c1-3-23-10-19(2)14-9-13-17(23)21(14,7-5-16(19)25)15-8-12-4-6-20(13,15)18(26)22(12,27)11-24/h12-18,24-27H,3-11H2,1-2H3/t12-,13?,14?,15?,16+,17+,18-,19-,20-,21?,22-/m0/s1. The highest BCUT2D eigenvalue weighted by atomic mass is 16.4. The summed E-state index contributed by atoms with van der Waals surface area (Å²) in [5.41, 5.74) is -1.42. The van der Waals surface area contributed by atoms with Crippen molar-refractivity contribution in [1.29, 1.82) is 0 Å². The van der Waals surface area contributed by atoms with Gasteiger partial charge in [0.2, 0.25) is 0 Å². The minimum absolute atomic E-state index is 0.00649. The third kappa shape index (κ3) is 1.53. The van der Waals surface area contributed by atoms with Crippen LogP contribution in [0.25, 0.3) is 0 Å². The van der Waals surface area contributed by atoms with E-state index in [0.29, 0.717) is 23.8 Å². The Bertz CT molecular complexity index is 687. The minimum atomic E-state index is -1.32. The van der Waals surface area contributed by atoms with Crippen molar-refractivity contribution >= 4 is 0 Å². The number of hydrogen-bond donors (Lipinski definition) is 4. The summed E-state index contributed by atoms with van der Waals surface area (Å²) < 4.78 is 0. The Balaban J connectivity index is 1.55. The van der Waals surface area contributed by atoms with Crippen LogP contribution in [-0.2, 0) is 0 Å². The van der Waals surface area contributed by atoms with Crippen LogP contribution < -0.4 is 0 Å². The molecule has 11 atom stereocenters. The quantitative estimate of drug-likeness (QED) is 0.577. The molecule has 6 aliphatic carbocycles. The van der Waals surface area contributed by atoms with E-state index in [1.807, 2.05) is 0 Å². The normalized spacial score (nSPS) is 66.2. The molecule has 7 fully saturated rings. The van der Waals surface area contributed by atoms with Gasteiger partial charge in [0.15, 0.2) is 0 Å². The molecule has 6 saturated carbocycles. The minimum Gasteiger partial charge on any atom is -0.393 e. The molecule has 1 aliphatic heterocycles. The zero-order valence-electron chi connectivity index (χ0n) is 16.6. The van der Waals surface area contributed by atoms with Crippen molar-refractivity contribution in [2.45, 2.75) is 76.2 Å². The van der Waals surface area contributed by atoms with Crippen molar-refractivity contribution in [2.75, 3.05) is 19.7 Å². The molecular weight excluding hydrogens is 342 g/mol. The summed E-state index contributed by atoms with van der Waals surface area (Å²) >= 11 is 0. The van der Waals surface area contributed by atoms with Gasteiger partial charge in [0, 0.05) is 23.4 Å². The van der Waals surface area contributed by atoms with E-state index in [9.17, 15) is 20.4 Å². The molecule has 0 aromatic carbocycles. The molecule has 7 aliphatic rings. The number of likely N-dealkylation sites (tertiary alicyclic amines) is 1. The molecule has 0 aromatic rings. The molecule has 2 spiro atoms. The van der Waals surface area contributed by atoms with E-state index in [1.165, 1.54) is 0 Å². The van der Waals surface area contributed by atoms with E-state index in [4.69, 9.17) is 0 Å². The van der Waals surface area contributed by atoms with Crippen molar-refractivity contribution in [3.63, 3.8) is 0 Å². The average molecular weight is 378 g/mol. The third-order valence-corrected chi connectivity index (χ3v) is 11.2. The van der Waals surface area contributed by atoms with Gasteiger partial charge in [0.05, 0.1) is 18.8 Å². The van der Waals surface area contributed by atoms with Crippen LogP contribution in [0.3, 0.4) is 0 Å². The number of aliphatic hydroxyl groups is 4. The first-order valence-electron chi connectivity index (χ1n) is 11.2. The van der Waals surface area contributed by atoms with Crippen LogP contribution in [0.4, 0.5) is 0 Å². The fraction of sp³-hybridized carbons (Fsp3) is 1.00. The summed E-state index contributed by atoms with van der Waals surface area (Å²) in [6.07, 6.45) is 4.86. The second-order valence-corrected chi connectivity index (χ2v) is 11.3. The molecule has 0 aromatic heterocycles. The largest absolute Gasteiger partial charge is 0.393 e. The van der Waals surface area contributed by atoms with E-state index in [-0.39, 0.29) is 34.9 Å². The Morgan fingerprint density at radius 3 is 2.48 bits per heavy atom. The summed E-state index contributed by atoms with van der Waals surface area (Å²) in [4.78, 5) is 2.63. The molecule has 0 amide bonds. The average Bonchev–Trinajstić information content (AvgIpc) is 3.09. The van der Waals surface area contributed by atoms with Gasteiger partial charge in [-0.15, -0.1) is 0 Å². The smallest absolute Gasteiger partial charge is 0.117 e. The van der Waals surface area contributed by atoms with Crippen LogP contribution in [-0.4, -0.2) is 68.9 Å². The molecule has 0 radical (unpaired) electrons. The van der Waals surface area contributed by atoms with E-state index in [2.05, 4.69) is 18.7 Å². The van der Waals surface area contributed by atoms with Gasteiger partial charge in [-0.1, -0.05) is 13.8 Å². The molecule has 5 nitrogen and oxygen atoms in total. The molecule has 27 heavy (non-hydrogen) atoms. The number of nitrogens with zero attached hydrogens (tertiary/aromatic N) is 1. The predicted molar refractivity (Wildman–Crippen MR) is 99.7 cm³/mol. The van der Waals surface area contributed by atoms with Crippen molar-refractivity contribution < 1.29 is 20.4 Å². The second-order valence-electron chi connectivity index (χ2n) is 11.3. The first kappa shape index (κ1) is 17.6. The lowest BCUT2D eigenvalue weighted by atomic mass is 9.38. The summed E-state index contributed by atoms with van der Waals surface area (Å²) in [5, 5.41) is 43.7. The number of hydrogen-bond acceptors (Lipinski definition) is 5. The summed E-state index contributed by atoms with van der Waals surface area (Å²) in [6, 6.07) is 0.479. The highest BCUT2D eigenvalue weighted by Gasteiger charge is 2.85. The predicted octanol–water partition coefficient (Wildman–Crippen LogP) is 0.988. The van der Waals surface area contributed by atoms with E-state index >= 15 is 0 Å². The van der Waals surface area contributed by atoms with Gasteiger partial charge in [0.1, 0.15) is 5.60 Å². The Morgan fingerprint density at radius 1 is 1.04 bits per heavy atom. The molecule has 7 bridgehead atoms. The second kappa shape index (κ2) is 4.92. The number of rotatable bonds is 2. The van der Waals surface area contributed by atoms with E-state index in [0.717, 1.165) is 51.6 Å². The molecule has 1 saturated heterocycles. The van der Waals surface area contributed by atoms with Crippen LogP contribution >= 0.6 is 0 Å². The zero-order valence-corrected chi connectivity index (χ0v) is 16.6. The van der Waals surface area contributed by atoms with Crippen molar-refractivity contribution in [2.24, 2.45) is 39.9 Å². The molecule has 4 N–H and O–H groups in total. The highest BCUT2D eigenvalue weighted by molar-refractivity contribution is 5.34. The van der Waals surface area contributed by atoms with Gasteiger partial charge >= 0.3 is 0 Å². The van der Waals surface area contributed by atoms with Crippen molar-refractivity contribution in [1.82, 2.24) is 4.90 Å². The summed E-state index contributed by atoms with van der Waals surface area (Å²) in [6.45, 7) is 6.18. The first-order chi connectivity index (χ1) is 12.8. The van der Waals surface area contributed by atoms with Crippen LogP contribution in [0.1, 0.15) is 52.4 Å². The van der Waals surface area contributed by atoms with Gasteiger partial charge < -0.3 is 20.4 Å². The van der Waals surface area contributed by atoms with Gasteiger partial charge in [-0.25, -0.2) is 0 Å².